The van der Waals surface area contributed by atoms with Crippen LogP contribution in [0.2, 0.25) is 0 Å². The molecule has 1 atom stereocenters. The number of ether oxygens (including phenoxy) is 1. The Labute approximate surface area is 122 Å². The molecule has 0 bridgehead atoms. The van der Waals surface area contributed by atoms with E-state index in [-0.39, 0.29) is 5.54 Å². The van der Waals surface area contributed by atoms with Crippen LogP contribution in [0.1, 0.15) is 33.3 Å². The van der Waals surface area contributed by atoms with Crippen LogP contribution in [-0.4, -0.2) is 41.7 Å². The maximum absolute atomic E-state index is 5.38. The summed E-state index contributed by atoms with van der Waals surface area (Å²) in [5, 5.41) is 3.66. The third-order valence-electron chi connectivity index (χ3n) is 4.28. The lowest BCUT2D eigenvalue weighted by atomic mass is 9.92. The van der Waals surface area contributed by atoms with Gasteiger partial charge in [0.25, 0.3) is 0 Å². The largest absolute Gasteiger partial charge is 0.481 e. The summed E-state index contributed by atoms with van der Waals surface area (Å²) in [6.45, 7) is 12.1. The number of methoxy groups -OCH3 is 1. The lowest BCUT2D eigenvalue weighted by Gasteiger charge is -2.47. The van der Waals surface area contributed by atoms with Crippen LogP contribution in [0, 0.1) is 5.92 Å². The molecule has 20 heavy (non-hydrogen) atoms. The fourth-order valence-electron chi connectivity index (χ4n) is 2.70. The summed E-state index contributed by atoms with van der Waals surface area (Å²) >= 11 is 0. The van der Waals surface area contributed by atoms with E-state index < -0.39 is 0 Å². The smallest absolute Gasteiger partial charge is 0.217 e. The molecule has 1 N–H and O–H groups in total. The minimum atomic E-state index is 0.145. The first-order valence-corrected chi connectivity index (χ1v) is 7.40. The second-order valence-corrected chi connectivity index (χ2v) is 6.60. The summed E-state index contributed by atoms with van der Waals surface area (Å²) in [4.78, 5) is 6.84. The second kappa shape index (κ2) is 6.10. The molecule has 1 saturated heterocycles. The number of nitrogens with zero attached hydrogens (tertiary/aromatic N) is 2. The Hall–Kier alpha value is -1.13. The van der Waals surface area contributed by atoms with Crippen molar-refractivity contribution in [3.63, 3.8) is 0 Å². The van der Waals surface area contributed by atoms with E-state index in [9.17, 15) is 0 Å². The molecule has 2 rings (SSSR count). The van der Waals surface area contributed by atoms with E-state index in [0.29, 0.717) is 12.0 Å². The van der Waals surface area contributed by atoms with E-state index in [2.05, 4.69) is 49.0 Å². The predicted molar refractivity (Wildman–Crippen MR) is 81.9 cm³/mol. The van der Waals surface area contributed by atoms with Crippen LogP contribution >= 0.6 is 0 Å². The van der Waals surface area contributed by atoms with Gasteiger partial charge in [0.05, 0.1) is 7.11 Å². The Bertz CT molecular complexity index is 445. The zero-order chi connectivity index (χ0) is 14.8. The lowest BCUT2D eigenvalue weighted by Crippen LogP contribution is -2.62. The number of piperazine rings is 1. The molecular formula is C16H27N3O. The first kappa shape index (κ1) is 15.3. The molecule has 4 nitrogen and oxygen atoms in total. The Kier molecular flexibility index (Phi) is 4.66. The highest BCUT2D eigenvalue weighted by Crippen LogP contribution is 2.26. The molecule has 1 fully saturated rings. The first-order chi connectivity index (χ1) is 9.44. The van der Waals surface area contributed by atoms with Crippen LogP contribution in [0.15, 0.2) is 18.3 Å². The lowest BCUT2D eigenvalue weighted by molar-refractivity contribution is 0.0467. The summed E-state index contributed by atoms with van der Waals surface area (Å²) in [6, 6.07) is 4.63. The summed E-state index contributed by atoms with van der Waals surface area (Å²) < 4.78 is 5.38. The van der Waals surface area contributed by atoms with E-state index in [1.165, 1.54) is 0 Å². The quantitative estimate of drug-likeness (QED) is 0.916. The number of rotatable bonds is 4. The highest BCUT2D eigenvalue weighted by molar-refractivity contribution is 5.25. The van der Waals surface area contributed by atoms with Gasteiger partial charge in [-0.05, 0) is 25.8 Å². The van der Waals surface area contributed by atoms with Gasteiger partial charge in [-0.2, -0.15) is 0 Å². The molecule has 0 saturated carbocycles. The van der Waals surface area contributed by atoms with Crippen LogP contribution in [0.4, 0.5) is 0 Å². The molecule has 0 amide bonds. The van der Waals surface area contributed by atoms with E-state index >= 15 is 0 Å². The van der Waals surface area contributed by atoms with Crippen molar-refractivity contribution in [2.45, 2.75) is 45.8 Å². The van der Waals surface area contributed by atoms with Crippen LogP contribution in [0.25, 0.3) is 0 Å². The maximum atomic E-state index is 5.38. The summed E-state index contributed by atoms with van der Waals surface area (Å²) in [7, 11) is 1.69. The third kappa shape index (κ3) is 3.30. The third-order valence-corrected chi connectivity index (χ3v) is 4.28. The van der Waals surface area contributed by atoms with Crippen LogP contribution in [0.5, 0.6) is 5.88 Å². The Morgan fingerprint density at radius 1 is 1.50 bits per heavy atom. The topological polar surface area (TPSA) is 37.4 Å². The van der Waals surface area contributed by atoms with E-state index in [1.54, 1.807) is 13.3 Å². The van der Waals surface area contributed by atoms with Crippen LogP contribution in [0.3, 0.4) is 0 Å². The fourth-order valence-corrected chi connectivity index (χ4v) is 2.70. The minimum Gasteiger partial charge on any atom is -0.481 e. The Balaban J connectivity index is 2.16. The summed E-state index contributed by atoms with van der Waals surface area (Å²) in [5.41, 5.74) is 1.30. The van der Waals surface area contributed by atoms with Crippen molar-refractivity contribution in [2.24, 2.45) is 5.92 Å². The van der Waals surface area contributed by atoms with Crippen molar-refractivity contribution < 1.29 is 4.74 Å². The molecule has 1 unspecified atom stereocenters. The molecule has 1 aromatic heterocycles. The van der Waals surface area contributed by atoms with Crippen molar-refractivity contribution in [3.05, 3.63) is 23.9 Å². The number of hydrogen-bond donors (Lipinski definition) is 1. The average Bonchev–Trinajstić information content (AvgIpc) is 2.41. The van der Waals surface area contributed by atoms with Crippen molar-refractivity contribution in [1.82, 2.24) is 15.2 Å². The zero-order valence-corrected chi connectivity index (χ0v) is 13.3. The van der Waals surface area contributed by atoms with Gasteiger partial charge in [-0.15, -0.1) is 0 Å². The average molecular weight is 277 g/mol. The SMILES string of the molecule is COc1ncccc1CN1CC(C(C)C)NCC1(C)C. The number of nitrogens with one attached hydrogen (secondary N) is 1. The van der Waals surface area contributed by atoms with Crippen molar-refractivity contribution >= 4 is 0 Å². The molecule has 0 radical (unpaired) electrons. The monoisotopic (exact) mass is 277 g/mol. The zero-order valence-electron chi connectivity index (χ0n) is 13.3. The molecule has 1 aliphatic heterocycles. The van der Waals surface area contributed by atoms with Crippen molar-refractivity contribution in [3.8, 4) is 5.88 Å². The molecule has 1 aromatic rings. The van der Waals surface area contributed by atoms with E-state index in [0.717, 1.165) is 31.1 Å². The highest BCUT2D eigenvalue weighted by Gasteiger charge is 2.35. The fraction of sp³-hybridized carbons (Fsp3) is 0.688. The summed E-state index contributed by atoms with van der Waals surface area (Å²) in [6.07, 6.45) is 1.78. The van der Waals surface area contributed by atoms with Gasteiger partial charge in [-0.3, -0.25) is 4.90 Å². The van der Waals surface area contributed by atoms with Crippen LogP contribution < -0.4 is 10.1 Å². The number of aromatic nitrogens is 1. The molecule has 2 heterocycles. The van der Waals surface area contributed by atoms with Crippen molar-refractivity contribution in [2.75, 3.05) is 20.2 Å². The van der Waals surface area contributed by atoms with Gasteiger partial charge >= 0.3 is 0 Å². The maximum Gasteiger partial charge on any atom is 0.217 e. The second-order valence-electron chi connectivity index (χ2n) is 6.60. The van der Waals surface area contributed by atoms with E-state index in [4.69, 9.17) is 4.74 Å². The minimum absolute atomic E-state index is 0.145. The van der Waals surface area contributed by atoms with Gasteiger partial charge in [0, 0.05) is 43.0 Å². The van der Waals surface area contributed by atoms with Gasteiger partial charge in [-0.25, -0.2) is 4.98 Å². The molecular weight excluding hydrogens is 250 g/mol. The van der Waals surface area contributed by atoms with Crippen LogP contribution in [-0.2, 0) is 6.54 Å². The first-order valence-electron chi connectivity index (χ1n) is 7.40. The van der Waals surface area contributed by atoms with Gasteiger partial charge in [0.1, 0.15) is 0 Å². The van der Waals surface area contributed by atoms with E-state index in [1.807, 2.05) is 6.07 Å². The summed E-state index contributed by atoms with van der Waals surface area (Å²) in [5.74, 6) is 1.38. The molecule has 112 valence electrons. The molecule has 1 aliphatic rings. The number of pyridine rings is 1. The van der Waals surface area contributed by atoms with Gasteiger partial charge in [0.2, 0.25) is 5.88 Å². The molecule has 0 aromatic carbocycles. The van der Waals surface area contributed by atoms with Gasteiger partial charge in [-0.1, -0.05) is 19.9 Å². The normalized spacial score (nSPS) is 23.0. The molecule has 0 spiro atoms. The van der Waals surface area contributed by atoms with Gasteiger partial charge in [0.15, 0.2) is 0 Å². The molecule has 0 aliphatic carbocycles. The number of hydrogen-bond acceptors (Lipinski definition) is 4. The van der Waals surface area contributed by atoms with Gasteiger partial charge < -0.3 is 10.1 Å². The Morgan fingerprint density at radius 2 is 2.25 bits per heavy atom. The predicted octanol–water partition coefficient (Wildman–Crippen LogP) is 2.30. The molecule has 4 heteroatoms. The standard InChI is InChI=1S/C16H27N3O/c1-12(2)14-10-19(16(3,4)11-18-14)9-13-7-6-8-17-15(13)20-5/h6-8,12,14,18H,9-11H2,1-5H3. The highest BCUT2D eigenvalue weighted by atomic mass is 16.5. The Morgan fingerprint density at radius 3 is 2.90 bits per heavy atom. The van der Waals surface area contributed by atoms with Crippen molar-refractivity contribution in [1.29, 1.82) is 0 Å².